The number of para-hydroxylation sites is 1. The van der Waals surface area contributed by atoms with E-state index in [0.29, 0.717) is 38.7 Å². The lowest BCUT2D eigenvalue weighted by atomic mass is 9.94. The molecule has 0 saturated heterocycles. The molecule has 4 aromatic rings. The molecule has 8 heteroatoms. The van der Waals surface area contributed by atoms with Crippen molar-refractivity contribution in [3.8, 4) is 11.5 Å². The van der Waals surface area contributed by atoms with Gasteiger partial charge in [-0.05, 0) is 41.8 Å². The summed E-state index contributed by atoms with van der Waals surface area (Å²) < 4.78 is 18.9. The monoisotopic (exact) mass is 528 g/mol. The van der Waals surface area contributed by atoms with Gasteiger partial charge in [0.15, 0.2) is 16.3 Å². The second kappa shape index (κ2) is 10.7. The maximum Gasteiger partial charge on any atom is 0.338 e. The van der Waals surface area contributed by atoms with Crippen molar-refractivity contribution >= 4 is 34.2 Å². The van der Waals surface area contributed by atoms with Crippen LogP contribution in [0.25, 0.3) is 16.8 Å². The summed E-state index contributed by atoms with van der Waals surface area (Å²) in [5.74, 6) is 0.457. The summed E-state index contributed by atoms with van der Waals surface area (Å²) in [6, 6.07) is 18.7. The number of methoxy groups -OCH3 is 2. The van der Waals surface area contributed by atoms with E-state index in [9.17, 15) is 9.59 Å². The Kier molecular flexibility index (Phi) is 7.15. The summed E-state index contributed by atoms with van der Waals surface area (Å²) in [6.07, 6.45) is 2.67. The fraction of sp³-hybridized carbons (Fsp3) is 0.233. The van der Waals surface area contributed by atoms with Crippen LogP contribution in [-0.4, -0.2) is 31.4 Å². The number of nitrogens with zero attached hydrogens (tertiary/aromatic N) is 2. The number of hydrogen-bond acceptors (Lipinski definition) is 7. The van der Waals surface area contributed by atoms with Crippen LogP contribution in [-0.2, 0) is 9.53 Å². The van der Waals surface area contributed by atoms with Crippen molar-refractivity contribution in [2.24, 2.45) is 4.99 Å². The van der Waals surface area contributed by atoms with Crippen LogP contribution in [0.5, 0.6) is 11.5 Å². The molecule has 0 amide bonds. The number of esters is 1. The number of fused-ring (bicyclic) bond motifs is 2. The lowest BCUT2D eigenvalue weighted by molar-refractivity contribution is -0.136. The minimum atomic E-state index is -0.796. The summed E-state index contributed by atoms with van der Waals surface area (Å²) in [7, 11) is 2.89. The molecule has 38 heavy (non-hydrogen) atoms. The van der Waals surface area contributed by atoms with E-state index in [1.54, 1.807) is 24.7 Å². The molecule has 2 heterocycles. The highest BCUT2D eigenvalue weighted by atomic mass is 32.1. The van der Waals surface area contributed by atoms with E-state index < -0.39 is 12.0 Å². The molecule has 1 aromatic heterocycles. The Morgan fingerprint density at radius 2 is 1.84 bits per heavy atom. The van der Waals surface area contributed by atoms with E-state index in [-0.39, 0.29) is 11.1 Å². The predicted molar refractivity (Wildman–Crippen MR) is 149 cm³/mol. The molecule has 0 aliphatic carbocycles. The van der Waals surface area contributed by atoms with E-state index in [2.05, 4.69) is 4.99 Å². The molecule has 0 saturated carbocycles. The minimum absolute atomic E-state index is 0.246. The van der Waals surface area contributed by atoms with Gasteiger partial charge in [-0.3, -0.25) is 9.36 Å². The minimum Gasteiger partial charge on any atom is -0.493 e. The maximum absolute atomic E-state index is 14.0. The molecule has 1 atom stereocenters. The fourth-order valence-electron chi connectivity index (χ4n) is 4.77. The van der Waals surface area contributed by atoms with E-state index in [1.165, 1.54) is 18.4 Å². The average Bonchev–Trinajstić information content (AvgIpc) is 3.24. The first kappa shape index (κ1) is 25.5. The molecule has 1 aliphatic heterocycles. The first-order valence-corrected chi connectivity index (χ1v) is 13.2. The number of thiazole rings is 1. The molecule has 0 N–H and O–H groups in total. The Morgan fingerprint density at radius 1 is 1.08 bits per heavy atom. The number of hydrogen-bond donors (Lipinski definition) is 0. The van der Waals surface area contributed by atoms with Crippen LogP contribution in [0, 0.1) is 0 Å². The van der Waals surface area contributed by atoms with Crippen molar-refractivity contribution in [2.45, 2.75) is 26.3 Å². The Bertz CT molecular complexity index is 1740. The Balaban J connectivity index is 1.79. The van der Waals surface area contributed by atoms with Gasteiger partial charge in [0.2, 0.25) is 0 Å². The fourth-order valence-corrected chi connectivity index (χ4v) is 5.81. The van der Waals surface area contributed by atoms with Gasteiger partial charge in [-0.1, -0.05) is 72.9 Å². The first-order valence-electron chi connectivity index (χ1n) is 12.4. The Morgan fingerprint density at radius 3 is 2.61 bits per heavy atom. The number of carbonyl (C=O) groups is 1. The maximum atomic E-state index is 14.0. The lowest BCUT2D eigenvalue weighted by Crippen LogP contribution is -2.40. The molecule has 0 fully saturated rings. The topological polar surface area (TPSA) is 79.1 Å². The van der Waals surface area contributed by atoms with Crippen molar-refractivity contribution in [3.05, 3.63) is 103 Å². The Labute approximate surface area is 223 Å². The van der Waals surface area contributed by atoms with Crippen molar-refractivity contribution in [2.75, 3.05) is 20.8 Å². The summed E-state index contributed by atoms with van der Waals surface area (Å²) >= 11 is 1.29. The van der Waals surface area contributed by atoms with Gasteiger partial charge >= 0.3 is 5.97 Å². The van der Waals surface area contributed by atoms with E-state index >= 15 is 0 Å². The molecule has 3 aromatic carbocycles. The second-order valence-corrected chi connectivity index (χ2v) is 9.88. The van der Waals surface area contributed by atoms with Gasteiger partial charge in [-0.15, -0.1) is 0 Å². The number of rotatable bonds is 7. The van der Waals surface area contributed by atoms with Gasteiger partial charge in [0, 0.05) is 5.56 Å². The number of benzene rings is 3. The number of aromatic nitrogens is 1. The quantitative estimate of drug-likeness (QED) is 0.333. The van der Waals surface area contributed by atoms with E-state index in [1.807, 2.05) is 67.6 Å². The molecular formula is C30H28N2O5S. The van der Waals surface area contributed by atoms with Gasteiger partial charge in [0.25, 0.3) is 5.56 Å². The molecule has 0 spiro atoms. The molecular weight excluding hydrogens is 500 g/mol. The van der Waals surface area contributed by atoms with Gasteiger partial charge < -0.3 is 14.2 Å². The van der Waals surface area contributed by atoms with Crippen LogP contribution in [0.4, 0.5) is 0 Å². The molecule has 194 valence electrons. The SMILES string of the molecule is CCCOc1c(OC)cccc1[C@@H]1C(C(=O)OC)=C(C)N=c2sc(=Cc3cccc4ccccc34)c(=O)n21. The third kappa shape index (κ3) is 4.41. The van der Waals surface area contributed by atoms with Gasteiger partial charge in [-0.25, -0.2) is 9.79 Å². The van der Waals surface area contributed by atoms with Crippen molar-refractivity contribution in [3.63, 3.8) is 0 Å². The third-order valence-corrected chi connectivity index (χ3v) is 7.49. The molecule has 1 aliphatic rings. The second-order valence-electron chi connectivity index (χ2n) is 8.87. The van der Waals surface area contributed by atoms with E-state index in [4.69, 9.17) is 14.2 Å². The highest BCUT2D eigenvalue weighted by Gasteiger charge is 2.35. The van der Waals surface area contributed by atoms with Crippen LogP contribution in [0.2, 0.25) is 0 Å². The molecule has 5 rings (SSSR count). The standard InChI is InChI=1S/C30H28N2O5S/c1-5-16-37-27-22(14-9-15-23(27)35-3)26-25(29(34)36-4)18(2)31-30-32(26)28(33)24(38-30)17-20-12-8-11-19-10-6-7-13-21(19)20/h6-15,17,26H,5,16H2,1-4H3/t26-/m1/s1. The number of allylic oxidation sites excluding steroid dienone is 1. The zero-order valence-corrected chi connectivity index (χ0v) is 22.5. The van der Waals surface area contributed by atoms with Crippen LogP contribution < -0.4 is 24.4 Å². The van der Waals surface area contributed by atoms with Crippen LogP contribution in [0.1, 0.15) is 37.4 Å². The zero-order valence-electron chi connectivity index (χ0n) is 21.7. The third-order valence-electron chi connectivity index (χ3n) is 6.51. The van der Waals surface area contributed by atoms with Crippen LogP contribution >= 0.6 is 11.3 Å². The molecule has 0 bridgehead atoms. The highest BCUT2D eigenvalue weighted by molar-refractivity contribution is 7.07. The summed E-state index contributed by atoms with van der Waals surface area (Å²) in [4.78, 5) is 32.3. The van der Waals surface area contributed by atoms with Crippen molar-refractivity contribution in [1.82, 2.24) is 4.57 Å². The number of carbonyl (C=O) groups excluding carboxylic acids is 1. The average molecular weight is 529 g/mol. The van der Waals surface area contributed by atoms with E-state index in [0.717, 1.165) is 22.8 Å². The van der Waals surface area contributed by atoms with Crippen molar-refractivity contribution < 1.29 is 19.0 Å². The lowest BCUT2D eigenvalue weighted by Gasteiger charge is -2.26. The molecule has 0 radical (unpaired) electrons. The summed E-state index contributed by atoms with van der Waals surface area (Å²) in [6.45, 7) is 4.22. The summed E-state index contributed by atoms with van der Waals surface area (Å²) in [5, 5.41) is 2.14. The zero-order chi connectivity index (χ0) is 26.8. The number of ether oxygens (including phenoxy) is 3. The molecule has 7 nitrogen and oxygen atoms in total. The predicted octanol–water partition coefficient (Wildman–Crippen LogP) is 4.36. The molecule has 0 unspecified atom stereocenters. The van der Waals surface area contributed by atoms with Crippen LogP contribution in [0.3, 0.4) is 0 Å². The summed E-state index contributed by atoms with van der Waals surface area (Å²) in [5.41, 5.74) is 2.09. The smallest absolute Gasteiger partial charge is 0.338 e. The van der Waals surface area contributed by atoms with Crippen LogP contribution in [0.15, 0.2) is 81.7 Å². The van der Waals surface area contributed by atoms with Crippen molar-refractivity contribution in [1.29, 1.82) is 0 Å². The normalized spacial score (nSPS) is 15.3. The largest absolute Gasteiger partial charge is 0.493 e. The first-order chi connectivity index (χ1) is 18.5. The Hall–Kier alpha value is -4.17. The highest BCUT2D eigenvalue weighted by Crippen LogP contribution is 2.40. The van der Waals surface area contributed by atoms with Gasteiger partial charge in [-0.2, -0.15) is 0 Å². The van der Waals surface area contributed by atoms with Gasteiger partial charge in [0.1, 0.15) is 6.04 Å². The van der Waals surface area contributed by atoms with Gasteiger partial charge in [0.05, 0.1) is 36.6 Å².